The summed E-state index contributed by atoms with van der Waals surface area (Å²) in [6.07, 6.45) is 3.46. The number of piperidine rings is 1. The van der Waals surface area contributed by atoms with Gasteiger partial charge in [-0.3, -0.25) is 9.69 Å². The van der Waals surface area contributed by atoms with Crippen molar-refractivity contribution in [2.24, 2.45) is 0 Å². The number of carbonyl (C=O) groups excluding carboxylic acids is 1. The van der Waals surface area contributed by atoms with E-state index in [1.807, 2.05) is 26.1 Å². The van der Waals surface area contributed by atoms with E-state index in [-0.39, 0.29) is 11.9 Å². The Balaban J connectivity index is 2.00. The van der Waals surface area contributed by atoms with Crippen LogP contribution in [0, 0.1) is 0 Å². The maximum atomic E-state index is 12.8. The Morgan fingerprint density at radius 2 is 2.05 bits per heavy atom. The minimum atomic E-state index is -0.103. The van der Waals surface area contributed by atoms with E-state index < -0.39 is 0 Å². The highest BCUT2D eigenvalue weighted by Gasteiger charge is 2.33. The molecular formula is C16H25ClN2OS. The summed E-state index contributed by atoms with van der Waals surface area (Å²) in [7, 11) is 2.01. The van der Waals surface area contributed by atoms with Crippen LogP contribution in [0.4, 0.5) is 0 Å². The maximum absolute atomic E-state index is 12.8. The summed E-state index contributed by atoms with van der Waals surface area (Å²) in [5.74, 6) is 0.250. The molecule has 0 aromatic carbocycles. The number of hydrogen-bond donors (Lipinski definition) is 0. The number of amides is 1. The molecule has 0 bridgehead atoms. The summed E-state index contributed by atoms with van der Waals surface area (Å²) in [6, 6.07) is 4.55. The van der Waals surface area contributed by atoms with Crippen LogP contribution < -0.4 is 0 Å². The van der Waals surface area contributed by atoms with Crippen molar-refractivity contribution in [3.63, 3.8) is 0 Å². The van der Waals surface area contributed by atoms with Crippen LogP contribution in [0.5, 0.6) is 0 Å². The van der Waals surface area contributed by atoms with Crippen molar-refractivity contribution in [2.75, 3.05) is 7.05 Å². The van der Waals surface area contributed by atoms with Crippen molar-refractivity contribution in [3.05, 3.63) is 21.3 Å². The lowest BCUT2D eigenvalue weighted by molar-refractivity contribution is -0.142. The molecule has 0 saturated carbocycles. The monoisotopic (exact) mass is 328 g/mol. The van der Waals surface area contributed by atoms with Crippen LogP contribution in [0.15, 0.2) is 12.1 Å². The molecule has 2 rings (SSSR count). The number of likely N-dealkylation sites (N-methyl/N-ethyl adjacent to an activating group) is 1. The molecule has 1 aromatic heterocycles. The topological polar surface area (TPSA) is 23.6 Å². The lowest BCUT2D eigenvalue weighted by Gasteiger charge is -2.41. The Morgan fingerprint density at radius 1 is 1.43 bits per heavy atom. The van der Waals surface area contributed by atoms with Gasteiger partial charge in [-0.1, -0.05) is 11.6 Å². The molecule has 2 heterocycles. The second kappa shape index (κ2) is 7.12. The van der Waals surface area contributed by atoms with E-state index in [4.69, 9.17) is 11.6 Å². The van der Waals surface area contributed by atoms with Gasteiger partial charge in [-0.25, -0.2) is 0 Å². The average Bonchev–Trinajstić information content (AvgIpc) is 2.82. The second-order valence-electron chi connectivity index (χ2n) is 6.17. The molecule has 3 atom stereocenters. The number of likely N-dealkylation sites (tertiary alicyclic amines) is 1. The molecule has 3 unspecified atom stereocenters. The zero-order valence-corrected chi connectivity index (χ0v) is 14.9. The summed E-state index contributed by atoms with van der Waals surface area (Å²) in [4.78, 5) is 18.2. The van der Waals surface area contributed by atoms with E-state index >= 15 is 0 Å². The van der Waals surface area contributed by atoms with Crippen LogP contribution in [0.25, 0.3) is 0 Å². The van der Waals surface area contributed by atoms with Gasteiger partial charge >= 0.3 is 0 Å². The third kappa shape index (κ3) is 3.99. The van der Waals surface area contributed by atoms with E-state index in [2.05, 4.69) is 23.6 Å². The lowest BCUT2D eigenvalue weighted by atomic mass is 9.96. The van der Waals surface area contributed by atoms with Gasteiger partial charge in [-0.2, -0.15) is 0 Å². The molecule has 1 fully saturated rings. The predicted octanol–water partition coefficient (Wildman–Crippen LogP) is 4.01. The molecule has 1 aliphatic rings. The number of hydrogen-bond acceptors (Lipinski definition) is 3. The standard InChI is InChI=1S/C16H25ClN2OS/c1-11-6-5-7-12(2)19(11)16(20)13(3)18(4)10-14-8-9-15(17)21-14/h8-9,11-13H,5-7,10H2,1-4H3. The van der Waals surface area contributed by atoms with E-state index in [0.29, 0.717) is 12.1 Å². The van der Waals surface area contributed by atoms with Crippen LogP contribution in [-0.4, -0.2) is 40.9 Å². The van der Waals surface area contributed by atoms with E-state index in [0.717, 1.165) is 23.7 Å². The third-order valence-corrected chi connectivity index (χ3v) is 5.72. The SMILES string of the molecule is CC(C(=O)N1C(C)CCCC1C)N(C)Cc1ccc(Cl)s1. The van der Waals surface area contributed by atoms with Gasteiger partial charge < -0.3 is 4.90 Å². The largest absolute Gasteiger partial charge is 0.336 e. The minimum Gasteiger partial charge on any atom is -0.336 e. The molecule has 0 aliphatic carbocycles. The summed E-state index contributed by atoms with van der Waals surface area (Å²) in [6.45, 7) is 7.10. The summed E-state index contributed by atoms with van der Waals surface area (Å²) in [5, 5.41) is 0. The molecule has 1 aliphatic heterocycles. The maximum Gasteiger partial charge on any atom is 0.240 e. The van der Waals surface area contributed by atoms with Crippen molar-refractivity contribution < 1.29 is 4.79 Å². The molecule has 1 amide bonds. The number of carbonyl (C=O) groups is 1. The van der Waals surface area contributed by atoms with Crippen molar-refractivity contribution >= 4 is 28.8 Å². The molecule has 21 heavy (non-hydrogen) atoms. The van der Waals surface area contributed by atoms with Crippen LogP contribution in [0.2, 0.25) is 4.34 Å². The van der Waals surface area contributed by atoms with Crippen molar-refractivity contribution in [3.8, 4) is 0 Å². The zero-order valence-electron chi connectivity index (χ0n) is 13.3. The molecular weight excluding hydrogens is 304 g/mol. The van der Waals surface area contributed by atoms with Gasteiger partial charge in [0.15, 0.2) is 0 Å². The number of nitrogens with zero attached hydrogens (tertiary/aromatic N) is 2. The quantitative estimate of drug-likeness (QED) is 0.833. The van der Waals surface area contributed by atoms with Crippen LogP contribution in [0.3, 0.4) is 0 Å². The summed E-state index contributed by atoms with van der Waals surface area (Å²) < 4.78 is 0.802. The molecule has 0 radical (unpaired) electrons. The zero-order chi connectivity index (χ0) is 15.6. The number of rotatable bonds is 4. The molecule has 0 spiro atoms. The minimum absolute atomic E-state index is 0.103. The van der Waals surface area contributed by atoms with Crippen LogP contribution >= 0.6 is 22.9 Å². The summed E-state index contributed by atoms with van der Waals surface area (Å²) in [5.41, 5.74) is 0. The summed E-state index contributed by atoms with van der Waals surface area (Å²) >= 11 is 7.55. The van der Waals surface area contributed by atoms with Gasteiger partial charge in [0.05, 0.1) is 10.4 Å². The van der Waals surface area contributed by atoms with E-state index in [1.54, 1.807) is 11.3 Å². The molecule has 3 nitrogen and oxygen atoms in total. The molecule has 1 aromatic rings. The normalized spacial score (nSPS) is 24.4. The molecule has 118 valence electrons. The number of thiophene rings is 1. The fourth-order valence-electron chi connectivity index (χ4n) is 3.08. The Labute approximate surface area is 136 Å². The highest BCUT2D eigenvalue weighted by atomic mass is 35.5. The first kappa shape index (κ1) is 16.8. The molecule has 1 saturated heterocycles. The third-order valence-electron chi connectivity index (χ3n) is 4.50. The molecule has 5 heteroatoms. The second-order valence-corrected chi connectivity index (χ2v) is 7.97. The van der Waals surface area contributed by atoms with Crippen LogP contribution in [0.1, 0.15) is 44.9 Å². The van der Waals surface area contributed by atoms with Gasteiger partial charge in [-0.15, -0.1) is 11.3 Å². The smallest absolute Gasteiger partial charge is 0.240 e. The van der Waals surface area contributed by atoms with Crippen LogP contribution in [-0.2, 0) is 11.3 Å². The molecule has 0 N–H and O–H groups in total. The Bertz CT molecular complexity index is 480. The van der Waals surface area contributed by atoms with E-state index in [9.17, 15) is 4.79 Å². The first-order valence-corrected chi connectivity index (χ1v) is 8.86. The first-order valence-electron chi connectivity index (χ1n) is 7.66. The average molecular weight is 329 g/mol. The Morgan fingerprint density at radius 3 is 2.57 bits per heavy atom. The Hall–Kier alpha value is -0.580. The van der Waals surface area contributed by atoms with Gasteiger partial charge in [0, 0.05) is 23.5 Å². The van der Waals surface area contributed by atoms with Gasteiger partial charge in [-0.05, 0) is 59.2 Å². The highest BCUT2D eigenvalue weighted by molar-refractivity contribution is 7.16. The fraction of sp³-hybridized carbons (Fsp3) is 0.688. The predicted molar refractivity (Wildman–Crippen MR) is 89.9 cm³/mol. The van der Waals surface area contributed by atoms with Gasteiger partial charge in [0.25, 0.3) is 0 Å². The van der Waals surface area contributed by atoms with Gasteiger partial charge in [0.2, 0.25) is 5.91 Å². The van der Waals surface area contributed by atoms with Crippen molar-refractivity contribution in [1.29, 1.82) is 0 Å². The Kier molecular flexibility index (Phi) is 5.69. The fourth-order valence-corrected chi connectivity index (χ4v) is 4.23. The highest BCUT2D eigenvalue weighted by Crippen LogP contribution is 2.26. The first-order chi connectivity index (χ1) is 9.90. The van der Waals surface area contributed by atoms with Crippen molar-refractivity contribution in [2.45, 2.75) is 64.7 Å². The van der Waals surface area contributed by atoms with Gasteiger partial charge in [0.1, 0.15) is 0 Å². The van der Waals surface area contributed by atoms with Crippen molar-refractivity contribution in [1.82, 2.24) is 9.80 Å². The van der Waals surface area contributed by atoms with E-state index in [1.165, 1.54) is 11.3 Å². The lowest BCUT2D eigenvalue weighted by Crippen LogP contribution is -2.53. The number of halogens is 1.